The van der Waals surface area contributed by atoms with E-state index in [0.29, 0.717) is 19.6 Å². The highest BCUT2D eigenvalue weighted by molar-refractivity contribution is 14.1. The summed E-state index contributed by atoms with van der Waals surface area (Å²) in [5.41, 5.74) is 0. The molecule has 2 heterocycles. The molecule has 2 aromatic rings. The number of pyridine rings is 2. The Morgan fingerprint density at radius 2 is 1.67 bits per heavy atom. The minimum absolute atomic E-state index is 0.167. The van der Waals surface area contributed by atoms with Crippen molar-refractivity contribution >= 4 is 68.4 Å². The van der Waals surface area contributed by atoms with Crippen molar-refractivity contribution in [1.82, 2.24) is 9.97 Å². The van der Waals surface area contributed by atoms with Crippen molar-refractivity contribution in [3.63, 3.8) is 0 Å². The quantitative estimate of drug-likeness (QED) is 0.347. The molecule has 0 fully saturated rings. The third-order valence-electron chi connectivity index (χ3n) is 1.92. The second kappa shape index (κ2) is 9.82. The zero-order valence-electron chi connectivity index (χ0n) is 10.7. The molecule has 0 aliphatic rings. The second-order valence-electron chi connectivity index (χ2n) is 3.45. The van der Waals surface area contributed by atoms with Gasteiger partial charge in [-0.3, -0.25) is 0 Å². The molecule has 2 aromatic heterocycles. The van der Waals surface area contributed by atoms with Crippen LogP contribution in [0, 0.1) is 7.14 Å². The van der Waals surface area contributed by atoms with E-state index in [-0.39, 0.29) is 12.5 Å². The van der Waals surface area contributed by atoms with Crippen LogP contribution in [0.1, 0.15) is 0 Å². The van der Waals surface area contributed by atoms with Gasteiger partial charge in [-0.25, -0.2) is 9.97 Å². The Bertz CT molecular complexity index is 603. The summed E-state index contributed by atoms with van der Waals surface area (Å²) in [5, 5.41) is 9.78. The maximum Gasteiger partial charge on any atom is 0.188 e. The number of hydrogen-bond donors (Lipinski definition) is 1. The first kappa shape index (κ1) is 18.9. The average Bonchev–Trinajstić information content (AvgIpc) is 2.43. The summed E-state index contributed by atoms with van der Waals surface area (Å²) >= 11 is 15.2. The van der Waals surface area contributed by atoms with Gasteiger partial charge in [0, 0.05) is 7.11 Å². The first-order chi connectivity index (χ1) is 9.93. The second-order valence-corrected chi connectivity index (χ2v) is 6.55. The lowest BCUT2D eigenvalue weighted by Crippen LogP contribution is -2.00. The van der Waals surface area contributed by atoms with Crippen molar-refractivity contribution in [2.24, 2.45) is 0 Å². The third-order valence-corrected chi connectivity index (χ3v) is 4.04. The van der Waals surface area contributed by atoms with Crippen molar-refractivity contribution in [3.05, 3.63) is 42.0 Å². The van der Waals surface area contributed by atoms with Crippen LogP contribution in [0.3, 0.4) is 0 Å². The molecule has 0 spiro atoms. The van der Waals surface area contributed by atoms with Crippen LogP contribution in [0.2, 0.25) is 10.3 Å². The van der Waals surface area contributed by atoms with Crippen molar-refractivity contribution in [3.8, 4) is 11.5 Å². The smallest absolute Gasteiger partial charge is 0.188 e. The molecule has 0 amide bonds. The van der Waals surface area contributed by atoms with Gasteiger partial charge in [-0.2, -0.15) is 0 Å². The molecule has 5 nitrogen and oxygen atoms in total. The van der Waals surface area contributed by atoms with E-state index in [4.69, 9.17) is 37.8 Å². The Hall–Kier alpha value is -0.100. The molecular formula is C12H10Cl2I2N2O3. The minimum atomic E-state index is 0.167. The number of aromatic nitrogens is 2. The van der Waals surface area contributed by atoms with Crippen LogP contribution in [0.4, 0.5) is 0 Å². The lowest BCUT2D eigenvalue weighted by Gasteiger charge is -2.05. The van der Waals surface area contributed by atoms with Crippen LogP contribution >= 0.6 is 68.4 Å². The minimum Gasteiger partial charge on any atom is -0.505 e. The van der Waals surface area contributed by atoms with E-state index >= 15 is 0 Å². The molecule has 0 unspecified atom stereocenters. The SMILES string of the molecule is COCOc1cnc(Cl)cc1I.Oc1cnc(Cl)cc1I. The average molecular weight is 555 g/mol. The first-order valence-electron chi connectivity index (χ1n) is 5.36. The van der Waals surface area contributed by atoms with Crippen molar-refractivity contribution in [2.75, 3.05) is 13.9 Å². The number of aromatic hydroxyl groups is 1. The summed E-state index contributed by atoms with van der Waals surface area (Å²) in [4.78, 5) is 7.52. The lowest BCUT2D eigenvalue weighted by atomic mass is 10.5. The molecule has 0 bridgehead atoms. The maximum absolute atomic E-state index is 8.92. The van der Waals surface area contributed by atoms with Crippen molar-refractivity contribution in [1.29, 1.82) is 0 Å². The number of rotatable bonds is 3. The van der Waals surface area contributed by atoms with Gasteiger partial charge in [-0.15, -0.1) is 0 Å². The molecule has 0 radical (unpaired) electrons. The van der Waals surface area contributed by atoms with Crippen LogP contribution < -0.4 is 4.74 Å². The zero-order valence-corrected chi connectivity index (χ0v) is 16.5. The molecule has 2 rings (SSSR count). The summed E-state index contributed by atoms with van der Waals surface area (Å²) in [6, 6.07) is 3.32. The molecule has 0 aliphatic heterocycles. The van der Waals surface area contributed by atoms with Gasteiger partial charge in [-0.1, -0.05) is 23.2 Å². The summed E-state index contributed by atoms with van der Waals surface area (Å²) in [7, 11) is 1.57. The molecule has 0 aliphatic carbocycles. The topological polar surface area (TPSA) is 64.5 Å². The number of halogens is 4. The van der Waals surface area contributed by atoms with Gasteiger partial charge in [0.05, 0.1) is 19.5 Å². The van der Waals surface area contributed by atoms with E-state index in [0.717, 1.165) is 3.57 Å². The Labute approximate surface area is 159 Å². The first-order valence-corrected chi connectivity index (χ1v) is 8.28. The number of ether oxygens (including phenoxy) is 2. The Balaban J connectivity index is 0.000000219. The molecule has 0 saturated heterocycles. The molecule has 114 valence electrons. The molecule has 21 heavy (non-hydrogen) atoms. The van der Waals surface area contributed by atoms with Crippen LogP contribution in [0.5, 0.6) is 11.5 Å². The normalized spacial score (nSPS) is 9.76. The predicted molar refractivity (Wildman–Crippen MR) is 98.1 cm³/mol. The summed E-state index contributed by atoms with van der Waals surface area (Å²) < 4.78 is 11.6. The summed E-state index contributed by atoms with van der Waals surface area (Å²) in [5.74, 6) is 0.849. The highest BCUT2D eigenvalue weighted by atomic mass is 127. The van der Waals surface area contributed by atoms with E-state index in [2.05, 4.69) is 32.6 Å². The fraction of sp³-hybridized carbons (Fsp3) is 0.167. The Kier molecular flexibility index (Phi) is 8.86. The standard InChI is InChI=1S/C7H7ClINO2.C5H3ClINO/c1-11-4-12-6-3-10-7(8)2-5(6)9;6-5-1-3(7)4(9)2-8-5/h2-3H,4H2,1H3;1-2,9H. The highest BCUT2D eigenvalue weighted by Crippen LogP contribution is 2.22. The fourth-order valence-electron chi connectivity index (χ4n) is 1.02. The lowest BCUT2D eigenvalue weighted by molar-refractivity contribution is 0.0502. The van der Waals surface area contributed by atoms with Crippen LogP contribution in [-0.4, -0.2) is 29.0 Å². The molecule has 1 N–H and O–H groups in total. The Morgan fingerprint density at radius 1 is 1.10 bits per heavy atom. The number of hydrogen-bond acceptors (Lipinski definition) is 5. The number of nitrogens with zero attached hydrogens (tertiary/aromatic N) is 2. The van der Waals surface area contributed by atoms with Crippen molar-refractivity contribution < 1.29 is 14.6 Å². The van der Waals surface area contributed by atoms with Gasteiger partial charge in [0.25, 0.3) is 0 Å². The van der Waals surface area contributed by atoms with E-state index in [1.807, 2.05) is 22.6 Å². The van der Waals surface area contributed by atoms with Crippen LogP contribution in [0.25, 0.3) is 0 Å². The summed E-state index contributed by atoms with van der Waals surface area (Å²) in [6.45, 7) is 0.222. The largest absolute Gasteiger partial charge is 0.505 e. The van der Waals surface area contributed by atoms with Crippen LogP contribution in [-0.2, 0) is 4.74 Å². The van der Waals surface area contributed by atoms with Gasteiger partial charge in [0.15, 0.2) is 12.5 Å². The van der Waals surface area contributed by atoms with E-state index in [1.165, 1.54) is 6.20 Å². The van der Waals surface area contributed by atoms with E-state index in [9.17, 15) is 0 Å². The van der Waals surface area contributed by atoms with Gasteiger partial charge >= 0.3 is 0 Å². The molecule has 0 saturated carbocycles. The van der Waals surface area contributed by atoms with Gasteiger partial charge < -0.3 is 14.6 Å². The maximum atomic E-state index is 8.92. The molecule has 9 heteroatoms. The van der Waals surface area contributed by atoms with Crippen molar-refractivity contribution in [2.45, 2.75) is 0 Å². The summed E-state index contributed by atoms with van der Waals surface area (Å²) in [6.07, 6.45) is 2.90. The van der Waals surface area contributed by atoms with Gasteiger partial charge in [0.1, 0.15) is 16.1 Å². The fourth-order valence-corrected chi connectivity index (χ4v) is 2.73. The number of methoxy groups -OCH3 is 1. The molecular weight excluding hydrogens is 545 g/mol. The van der Waals surface area contributed by atoms with E-state index < -0.39 is 0 Å². The Morgan fingerprint density at radius 3 is 2.14 bits per heavy atom. The molecule has 0 aromatic carbocycles. The third kappa shape index (κ3) is 7.13. The van der Waals surface area contributed by atoms with E-state index in [1.54, 1.807) is 25.4 Å². The highest BCUT2D eigenvalue weighted by Gasteiger charge is 2.01. The van der Waals surface area contributed by atoms with Gasteiger partial charge in [0.2, 0.25) is 0 Å². The predicted octanol–water partition coefficient (Wildman–Crippen LogP) is 4.37. The van der Waals surface area contributed by atoms with Gasteiger partial charge in [-0.05, 0) is 57.3 Å². The zero-order chi connectivity index (χ0) is 15.8. The monoisotopic (exact) mass is 554 g/mol. The molecule has 0 atom stereocenters. The van der Waals surface area contributed by atoms with Crippen LogP contribution in [0.15, 0.2) is 24.5 Å².